The number of hydrogen-bond acceptors (Lipinski definition) is 4. The van der Waals surface area contributed by atoms with Crippen molar-refractivity contribution in [2.75, 3.05) is 27.2 Å². The highest BCUT2D eigenvalue weighted by molar-refractivity contribution is 6.30. The highest BCUT2D eigenvalue weighted by Crippen LogP contribution is 2.24. The fourth-order valence-corrected chi connectivity index (χ4v) is 3.56. The Bertz CT molecular complexity index is 946. The van der Waals surface area contributed by atoms with Gasteiger partial charge in [-0.2, -0.15) is 5.10 Å². The van der Waals surface area contributed by atoms with E-state index in [1.807, 2.05) is 17.0 Å². The summed E-state index contributed by atoms with van der Waals surface area (Å²) in [6.45, 7) is 2.13. The van der Waals surface area contributed by atoms with Crippen LogP contribution in [-0.4, -0.2) is 62.1 Å². The lowest BCUT2D eigenvalue weighted by Crippen LogP contribution is -2.42. The van der Waals surface area contributed by atoms with Crippen molar-refractivity contribution in [3.63, 3.8) is 0 Å². The first-order valence-electron chi connectivity index (χ1n) is 8.62. The smallest absolute Gasteiger partial charge is 0.274 e. The standard InChI is InChI=1S/C18H21ClN6O/c1-22(2)8-6-15-11-24(10-14-5-7-20-25(14)15)18(26)16-12-23-9-13(19)3-4-17(23)21-16/h3-5,7,9,12,15H,6,8,10-11H2,1-2H3. The van der Waals surface area contributed by atoms with Crippen LogP contribution in [0, 0.1) is 0 Å². The molecule has 0 aromatic carbocycles. The fourth-order valence-electron chi connectivity index (χ4n) is 3.39. The van der Waals surface area contributed by atoms with Gasteiger partial charge in [0.15, 0.2) is 0 Å². The molecular weight excluding hydrogens is 352 g/mol. The minimum Gasteiger partial charge on any atom is -0.329 e. The van der Waals surface area contributed by atoms with Crippen LogP contribution in [-0.2, 0) is 6.54 Å². The number of hydrogen-bond donors (Lipinski definition) is 0. The highest BCUT2D eigenvalue weighted by Gasteiger charge is 2.30. The second-order valence-electron chi connectivity index (χ2n) is 6.94. The maximum absolute atomic E-state index is 13.0. The van der Waals surface area contributed by atoms with E-state index in [0.29, 0.717) is 29.5 Å². The van der Waals surface area contributed by atoms with Crippen LogP contribution in [0.5, 0.6) is 0 Å². The third kappa shape index (κ3) is 3.20. The summed E-state index contributed by atoms with van der Waals surface area (Å²) in [5.74, 6) is -0.0628. The minimum atomic E-state index is -0.0628. The molecule has 1 aliphatic rings. The van der Waals surface area contributed by atoms with Crippen molar-refractivity contribution < 1.29 is 4.79 Å². The van der Waals surface area contributed by atoms with Gasteiger partial charge in [-0.3, -0.25) is 9.48 Å². The number of fused-ring (bicyclic) bond motifs is 2. The molecule has 0 bridgehead atoms. The minimum absolute atomic E-state index is 0.0628. The molecule has 3 aromatic rings. The van der Waals surface area contributed by atoms with E-state index in [-0.39, 0.29) is 11.9 Å². The van der Waals surface area contributed by atoms with Crippen LogP contribution in [0.25, 0.3) is 5.65 Å². The lowest BCUT2D eigenvalue weighted by molar-refractivity contribution is 0.0654. The van der Waals surface area contributed by atoms with Crippen LogP contribution < -0.4 is 0 Å². The van der Waals surface area contributed by atoms with Gasteiger partial charge < -0.3 is 14.2 Å². The van der Waals surface area contributed by atoms with Crippen LogP contribution in [0.15, 0.2) is 36.8 Å². The lowest BCUT2D eigenvalue weighted by Gasteiger charge is -2.34. The molecular formula is C18H21ClN6O. The maximum Gasteiger partial charge on any atom is 0.274 e. The number of rotatable bonds is 4. The second-order valence-corrected chi connectivity index (χ2v) is 7.37. The number of imidazole rings is 1. The van der Waals surface area contributed by atoms with Gasteiger partial charge in [-0.15, -0.1) is 0 Å². The molecule has 0 fully saturated rings. The first-order chi connectivity index (χ1) is 12.5. The van der Waals surface area contributed by atoms with Gasteiger partial charge in [0.1, 0.15) is 11.3 Å². The molecule has 1 aliphatic heterocycles. The molecule has 136 valence electrons. The van der Waals surface area contributed by atoms with Gasteiger partial charge in [0.05, 0.1) is 23.3 Å². The van der Waals surface area contributed by atoms with Gasteiger partial charge in [-0.05, 0) is 45.3 Å². The average Bonchev–Trinajstić information content (AvgIpc) is 3.24. The molecule has 4 rings (SSSR count). The van der Waals surface area contributed by atoms with Crippen LogP contribution in [0.3, 0.4) is 0 Å². The Labute approximate surface area is 156 Å². The number of aromatic nitrogens is 4. The number of carbonyl (C=O) groups excluding carboxylic acids is 1. The molecule has 8 heteroatoms. The number of nitrogens with zero attached hydrogens (tertiary/aromatic N) is 6. The van der Waals surface area contributed by atoms with E-state index < -0.39 is 0 Å². The molecule has 4 heterocycles. The van der Waals surface area contributed by atoms with Crippen LogP contribution in [0.2, 0.25) is 5.02 Å². The zero-order valence-electron chi connectivity index (χ0n) is 14.8. The Morgan fingerprint density at radius 1 is 1.31 bits per heavy atom. The molecule has 0 saturated carbocycles. The first kappa shape index (κ1) is 17.1. The zero-order chi connectivity index (χ0) is 18.3. The Balaban J connectivity index is 1.59. The molecule has 0 spiro atoms. The highest BCUT2D eigenvalue weighted by atomic mass is 35.5. The fraction of sp³-hybridized carbons (Fsp3) is 0.389. The normalized spacial score (nSPS) is 17.1. The summed E-state index contributed by atoms with van der Waals surface area (Å²) < 4.78 is 3.84. The summed E-state index contributed by atoms with van der Waals surface area (Å²) in [5, 5.41) is 5.06. The van der Waals surface area contributed by atoms with Crippen molar-refractivity contribution >= 4 is 23.2 Å². The van der Waals surface area contributed by atoms with Crippen molar-refractivity contribution in [2.24, 2.45) is 0 Å². The van der Waals surface area contributed by atoms with Crippen molar-refractivity contribution in [3.8, 4) is 0 Å². The largest absolute Gasteiger partial charge is 0.329 e. The molecule has 0 radical (unpaired) electrons. The van der Waals surface area contributed by atoms with Crippen molar-refractivity contribution in [1.29, 1.82) is 0 Å². The topological polar surface area (TPSA) is 58.7 Å². The van der Waals surface area contributed by atoms with Crippen LogP contribution in [0.4, 0.5) is 0 Å². The predicted octanol–water partition coefficient (Wildman–Crippen LogP) is 2.33. The second kappa shape index (κ2) is 6.74. The average molecular weight is 373 g/mol. The van der Waals surface area contributed by atoms with E-state index in [1.165, 1.54) is 0 Å². The van der Waals surface area contributed by atoms with E-state index in [9.17, 15) is 4.79 Å². The summed E-state index contributed by atoms with van der Waals surface area (Å²) in [6, 6.07) is 5.73. The molecule has 7 nitrogen and oxygen atoms in total. The molecule has 1 atom stereocenters. The van der Waals surface area contributed by atoms with E-state index in [1.54, 1.807) is 29.1 Å². The zero-order valence-corrected chi connectivity index (χ0v) is 15.6. The number of carbonyl (C=O) groups is 1. The molecule has 0 aliphatic carbocycles. The van der Waals surface area contributed by atoms with Gasteiger partial charge >= 0.3 is 0 Å². The molecule has 1 amide bonds. The Morgan fingerprint density at radius 3 is 2.96 bits per heavy atom. The summed E-state index contributed by atoms with van der Waals surface area (Å²) in [5.41, 5.74) is 2.20. The van der Waals surface area contributed by atoms with Crippen molar-refractivity contribution in [2.45, 2.75) is 19.0 Å². The third-order valence-electron chi connectivity index (χ3n) is 4.71. The summed E-state index contributed by atoms with van der Waals surface area (Å²) in [4.78, 5) is 21.5. The summed E-state index contributed by atoms with van der Waals surface area (Å²) >= 11 is 6.02. The van der Waals surface area contributed by atoms with E-state index in [2.05, 4.69) is 33.8 Å². The third-order valence-corrected chi connectivity index (χ3v) is 4.94. The number of amides is 1. The Morgan fingerprint density at radius 2 is 2.15 bits per heavy atom. The molecule has 26 heavy (non-hydrogen) atoms. The first-order valence-corrected chi connectivity index (χ1v) is 9.00. The van der Waals surface area contributed by atoms with E-state index in [4.69, 9.17) is 11.6 Å². The monoisotopic (exact) mass is 372 g/mol. The van der Waals surface area contributed by atoms with Gasteiger partial charge in [0.2, 0.25) is 0 Å². The van der Waals surface area contributed by atoms with Crippen LogP contribution in [0.1, 0.15) is 28.6 Å². The number of halogens is 1. The Kier molecular flexibility index (Phi) is 4.42. The van der Waals surface area contributed by atoms with E-state index in [0.717, 1.165) is 18.7 Å². The molecule has 3 aromatic heterocycles. The summed E-state index contributed by atoms with van der Waals surface area (Å²) in [6.07, 6.45) is 6.24. The Hall–Kier alpha value is -2.38. The molecule has 0 N–H and O–H groups in total. The molecule has 0 saturated heterocycles. The quantitative estimate of drug-likeness (QED) is 0.705. The number of pyridine rings is 1. The maximum atomic E-state index is 13.0. The van der Waals surface area contributed by atoms with Gasteiger partial charge in [0.25, 0.3) is 5.91 Å². The van der Waals surface area contributed by atoms with Gasteiger partial charge in [0, 0.05) is 25.1 Å². The van der Waals surface area contributed by atoms with E-state index >= 15 is 0 Å². The SMILES string of the molecule is CN(C)CCC1CN(C(=O)c2cn3cc(Cl)ccc3n2)Cc2ccnn21. The van der Waals surface area contributed by atoms with Gasteiger partial charge in [-0.1, -0.05) is 11.6 Å². The molecule has 1 unspecified atom stereocenters. The van der Waals surface area contributed by atoms with Crippen LogP contribution >= 0.6 is 11.6 Å². The lowest BCUT2D eigenvalue weighted by atomic mass is 10.1. The predicted molar refractivity (Wildman–Crippen MR) is 99.4 cm³/mol. The van der Waals surface area contributed by atoms with Crippen molar-refractivity contribution in [1.82, 2.24) is 29.0 Å². The van der Waals surface area contributed by atoms with Crippen molar-refractivity contribution in [3.05, 3.63) is 53.2 Å². The van der Waals surface area contributed by atoms with Gasteiger partial charge in [-0.25, -0.2) is 4.98 Å². The summed E-state index contributed by atoms with van der Waals surface area (Å²) in [7, 11) is 4.11.